The fourth-order valence-electron chi connectivity index (χ4n) is 3.18. The molecule has 0 aliphatic carbocycles. The van der Waals surface area contributed by atoms with Crippen molar-refractivity contribution >= 4 is 30.5 Å². The molecule has 1 aliphatic heterocycles. The molecule has 1 aromatic carbocycles. The number of halogens is 5. The number of hydrogen-bond donors (Lipinski definition) is 1. The Balaban J connectivity index is 0.00000225. The lowest BCUT2D eigenvalue weighted by Gasteiger charge is -2.32. The molecule has 1 aliphatic rings. The zero-order chi connectivity index (χ0) is 20.1. The first-order chi connectivity index (χ1) is 13.3. The Morgan fingerprint density at radius 3 is 2.20 bits per heavy atom. The van der Waals surface area contributed by atoms with Crippen molar-refractivity contribution in [3.8, 4) is 0 Å². The van der Waals surface area contributed by atoms with Crippen molar-refractivity contribution in [1.29, 1.82) is 0 Å². The van der Waals surface area contributed by atoms with Crippen LogP contribution in [0.15, 0.2) is 47.4 Å². The fourth-order valence-corrected chi connectivity index (χ4v) is 3.18. The number of benzene rings is 1. The molecule has 0 saturated carbocycles. The second-order valence-corrected chi connectivity index (χ2v) is 7.15. The van der Waals surface area contributed by atoms with E-state index < -0.39 is 17.3 Å². The number of likely N-dealkylation sites (N-methyl/N-ethyl adjacent to an activating group) is 1. The third-order valence-corrected chi connectivity index (χ3v) is 4.97. The van der Waals surface area contributed by atoms with E-state index >= 15 is 0 Å². The Hall–Kier alpha value is -1.74. The van der Waals surface area contributed by atoms with Gasteiger partial charge in [0, 0.05) is 57.2 Å². The number of nitrogens with one attached hydrogen (secondary N) is 1. The average molecular weight is 467 g/mol. The van der Waals surface area contributed by atoms with Crippen LogP contribution in [-0.4, -0.2) is 60.7 Å². The minimum Gasteiger partial charge on any atom is -0.384 e. The van der Waals surface area contributed by atoms with Crippen molar-refractivity contribution in [2.45, 2.75) is 12.7 Å². The van der Waals surface area contributed by atoms with E-state index in [1.807, 2.05) is 24.3 Å². The van der Waals surface area contributed by atoms with Gasteiger partial charge in [-0.25, -0.2) is 0 Å². The molecule has 2 heterocycles. The van der Waals surface area contributed by atoms with Gasteiger partial charge in [-0.3, -0.25) is 9.69 Å². The Morgan fingerprint density at radius 1 is 0.967 bits per heavy atom. The van der Waals surface area contributed by atoms with E-state index in [1.165, 1.54) is 0 Å². The third kappa shape index (κ3) is 7.50. The monoisotopic (exact) mass is 466 g/mol. The number of hydrogen-bond acceptors (Lipinski definition) is 4. The van der Waals surface area contributed by atoms with Crippen molar-refractivity contribution < 1.29 is 13.2 Å². The molecular weight excluding hydrogens is 440 g/mol. The smallest absolute Gasteiger partial charge is 0.384 e. The van der Waals surface area contributed by atoms with Gasteiger partial charge >= 0.3 is 6.18 Å². The molecule has 0 atom stereocenters. The lowest BCUT2D eigenvalue weighted by Crippen LogP contribution is -2.45. The third-order valence-electron chi connectivity index (χ3n) is 4.97. The molecule has 0 bridgehead atoms. The highest BCUT2D eigenvalue weighted by Crippen LogP contribution is 2.28. The van der Waals surface area contributed by atoms with Crippen LogP contribution in [0.2, 0.25) is 0 Å². The summed E-state index contributed by atoms with van der Waals surface area (Å²) in [6.07, 6.45) is -3.60. The van der Waals surface area contributed by atoms with Crippen molar-refractivity contribution in [1.82, 2.24) is 14.4 Å². The summed E-state index contributed by atoms with van der Waals surface area (Å²) in [4.78, 5) is 16.6. The van der Waals surface area contributed by atoms with Gasteiger partial charge in [-0.2, -0.15) is 13.2 Å². The number of piperazine rings is 1. The maximum Gasteiger partial charge on any atom is 0.417 e. The number of aromatic nitrogens is 1. The van der Waals surface area contributed by atoms with Crippen LogP contribution in [0, 0.1) is 0 Å². The van der Waals surface area contributed by atoms with Crippen LogP contribution in [0.25, 0.3) is 0 Å². The maximum atomic E-state index is 12.8. The normalized spacial score (nSPS) is 15.2. The number of rotatable bonds is 6. The van der Waals surface area contributed by atoms with Gasteiger partial charge in [0.2, 0.25) is 0 Å². The van der Waals surface area contributed by atoms with E-state index in [0.717, 1.165) is 73.4 Å². The van der Waals surface area contributed by atoms with Gasteiger partial charge in [0.05, 0.1) is 12.1 Å². The van der Waals surface area contributed by atoms with Gasteiger partial charge in [-0.05, 0) is 30.8 Å². The second-order valence-electron chi connectivity index (χ2n) is 7.15. The van der Waals surface area contributed by atoms with E-state index in [4.69, 9.17) is 0 Å². The molecular formula is C20H27Cl2F3N4O. The summed E-state index contributed by atoms with van der Waals surface area (Å²) in [7, 11) is 2.13. The van der Waals surface area contributed by atoms with E-state index in [-0.39, 0.29) is 31.4 Å². The number of nitrogens with zero attached hydrogens (tertiary/aromatic N) is 3. The van der Waals surface area contributed by atoms with Crippen LogP contribution in [0.1, 0.15) is 11.1 Å². The summed E-state index contributed by atoms with van der Waals surface area (Å²) in [5, 5.41) is 3.36. The highest BCUT2D eigenvalue weighted by atomic mass is 35.5. The maximum absolute atomic E-state index is 12.8. The molecule has 0 unspecified atom stereocenters. The van der Waals surface area contributed by atoms with Gasteiger partial charge in [0.25, 0.3) is 5.56 Å². The van der Waals surface area contributed by atoms with Gasteiger partial charge in [0.15, 0.2) is 0 Å². The number of anilines is 1. The van der Waals surface area contributed by atoms with Crippen LogP contribution >= 0.6 is 24.8 Å². The SMILES string of the molecule is CN1CCN(CCNc2ccc(Cn3cc(C(F)(F)F)ccc3=O)cc2)CC1.Cl.Cl. The van der Waals surface area contributed by atoms with E-state index in [9.17, 15) is 18.0 Å². The summed E-state index contributed by atoms with van der Waals surface area (Å²) in [6.45, 7) is 6.22. The first kappa shape index (κ1) is 26.3. The number of alkyl halides is 3. The molecule has 0 amide bonds. The Morgan fingerprint density at radius 2 is 1.60 bits per heavy atom. The van der Waals surface area contributed by atoms with Crippen LogP contribution in [0.5, 0.6) is 0 Å². The molecule has 1 aromatic heterocycles. The van der Waals surface area contributed by atoms with Crippen molar-refractivity contribution in [2.24, 2.45) is 0 Å². The zero-order valence-corrected chi connectivity index (χ0v) is 18.3. The van der Waals surface area contributed by atoms with E-state index in [0.29, 0.717) is 0 Å². The van der Waals surface area contributed by atoms with Crippen LogP contribution in [-0.2, 0) is 12.7 Å². The first-order valence-corrected chi connectivity index (χ1v) is 9.33. The fraction of sp³-hybridized carbons (Fsp3) is 0.450. The Bertz CT molecular complexity index is 835. The Kier molecular flexibility index (Phi) is 10.2. The first-order valence-electron chi connectivity index (χ1n) is 9.33. The Labute approximate surface area is 186 Å². The molecule has 30 heavy (non-hydrogen) atoms. The molecule has 3 rings (SSSR count). The highest BCUT2D eigenvalue weighted by Gasteiger charge is 2.31. The molecule has 168 valence electrons. The van der Waals surface area contributed by atoms with Gasteiger partial charge in [-0.15, -0.1) is 24.8 Å². The summed E-state index contributed by atoms with van der Waals surface area (Å²) < 4.78 is 39.6. The second kappa shape index (κ2) is 11.6. The minimum absolute atomic E-state index is 0. The molecule has 1 fully saturated rings. The van der Waals surface area contributed by atoms with Gasteiger partial charge < -0.3 is 14.8 Å². The van der Waals surface area contributed by atoms with Crippen LogP contribution < -0.4 is 10.9 Å². The van der Waals surface area contributed by atoms with Gasteiger partial charge in [0.1, 0.15) is 0 Å². The van der Waals surface area contributed by atoms with Crippen molar-refractivity contribution in [2.75, 3.05) is 51.6 Å². The van der Waals surface area contributed by atoms with Crippen LogP contribution in [0.3, 0.4) is 0 Å². The summed E-state index contributed by atoms with van der Waals surface area (Å²) in [5.74, 6) is 0. The van der Waals surface area contributed by atoms with Gasteiger partial charge in [-0.1, -0.05) is 12.1 Å². The molecule has 2 aromatic rings. The number of pyridine rings is 1. The quantitative estimate of drug-likeness (QED) is 0.707. The van der Waals surface area contributed by atoms with E-state index in [2.05, 4.69) is 22.2 Å². The van der Waals surface area contributed by atoms with Crippen molar-refractivity contribution in [3.05, 3.63) is 64.1 Å². The standard InChI is InChI=1S/C20H25F3N4O.2ClH/c1-25-10-12-26(13-11-25)9-8-24-18-5-2-16(3-6-18)14-27-15-17(20(21,22)23)4-7-19(27)28;;/h2-7,15,24H,8-14H2,1H3;2*1H. The lowest BCUT2D eigenvalue weighted by atomic mass is 10.2. The lowest BCUT2D eigenvalue weighted by molar-refractivity contribution is -0.138. The largest absolute Gasteiger partial charge is 0.417 e. The van der Waals surface area contributed by atoms with Crippen LogP contribution in [0.4, 0.5) is 18.9 Å². The van der Waals surface area contributed by atoms with Crippen molar-refractivity contribution in [3.63, 3.8) is 0 Å². The molecule has 10 heteroatoms. The highest BCUT2D eigenvalue weighted by molar-refractivity contribution is 5.85. The zero-order valence-electron chi connectivity index (χ0n) is 16.7. The average Bonchev–Trinajstić information content (AvgIpc) is 2.65. The molecule has 1 N–H and O–H groups in total. The molecule has 1 saturated heterocycles. The molecule has 0 radical (unpaired) electrons. The minimum atomic E-state index is -4.47. The summed E-state index contributed by atoms with van der Waals surface area (Å²) in [6, 6.07) is 9.19. The predicted octanol–water partition coefficient (Wildman–Crippen LogP) is 3.42. The summed E-state index contributed by atoms with van der Waals surface area (Å²) >= 11 is 0. The topological polar surface area (TPSA) is 40.5 Å². The summed E-state index contributed by atoms with van der Waals surface area (Å²) in [5.41, 5.74) is 0.442. The van der Waals surface area contributed by atoms with E-state index in [1.54, 1.807) is 0 Å². The molecule has 0 spiro atoms. The predicted molar refractivity (Wildman–Crippen MR) is 118 cm³/mol. The molecule has 5 nitrogen and oxygen atoms in total.